The van der Waals surface area contributed by atoms with Gasteiger partial charge in [0.05, 0.1) is 11.4 Å². The van der Waals surface area contributed by atoms with Gasteiger partial charge in [-0.2, -0.15) is 5.10 Å². The summed E-state index contributed by atoms with van der Waals surface area (Å²) in [5.41, 5.74) is 4.17. The topological polar surface area (TPSA) is 46.9 Å². The number of carbonyl (C=O) groups excluding carboxylic acids is 1. The van der Waals surface area contributed by atoms with Crippen LogP contribution in [0.15, 0.2) is 59.5 Å². The molecule has 1 aliphatic heterocycles. The van der Waals surface area contributed by atoms with Crippen molar-refractivity contribution in [2.75, 3.05) is 11.6 Å². The van der Waals surface area contributed by atoms with Gasteiger partial charge >= 0.3 is 0 Å². The molecule has 0 radical (unpaired) electrons. The lowest BCUT2D eigenvalue weighted by Gasteiger charge is -2.24. The van der Waals surface area contributed by atoms with Gasteiger partial charge in [-0.3, -0.25) is 4.79 Å². The minimum atomic E-state index is 0.0310. The van der Waals surface area contributed by atoms with Crippen LogP contribution in [0, 0.1) is 6.92 Å². The fourth-order valence-corrected chi connectivity index (χ4v) is 3.83. The van der Waals surface area contributed by atoms with Crippen molar-refractivity contribution in [2.45, 2.75) is 24.2 Å². The summed E-state index contributed by atoms with van der Waals surface area (Å²) in [6.07, 6.45) is 2.52. The van der Waals surface area contributed by atoms with E-state index in [1.807, 2.05) is 41.9 Å². The summed E-state index contributed by atoms with van der Waals surface area (Å²) >= 11 is 1.72. The van der Waals surface area contributed by atoms with Crippen molar-refractivity contribution in [2.24, 2.45) is 0 Å². The Hall–Kier alpha value is -2.53. The Morgan fingerprint density at radius 1 is 1.12 bits per heavy atom. The zero-order valence-electron chi connectivity index (χ0n) is 14.2. The highest BCUT2D eigenvalue weighted by atomic mass is 32.2. The molecule has 0 saturated carbocycles. The van der Waals surface area contributed by atoms with Crippen LogP contribution < -0.4 is 5.32 Å². The van der Waals surface area contributed by atoms with Crippen LogP contribution in [0.25, 0.3) is 5.69 Å². The van der Waals surface area contributed by atoms with E-state index in [-0.39, 0.29) is 11.8 Å². The van der Waals surface area contributed by atoms with Crippen LogP contribution in [0.4, 0.5) is 5.82 Å². The maximum absolute atomic E-state index is 12.4. The predicted octanol–water partition coefficient (Wildman–Crippen LogP) is 4.38. The van der Waals surface area contributed by atoms with Crippen LogP contribution in [0.3, 0.4) is 0 Å². The van der Waals surface area contributed by atoms with Gasteiger partial charge in [-0.15, -0.1) is 11.8 Å². The first-order valence-corrected chi connectivity index (χ1v) is 9.48. The van der Waals surface area contributed by atoms with Gasteiger partial charge in [-0.25, -0.2) is 4.68 Å². The van der Waals surface area contributed by atoms with Gasteiger partial charge in [-0.05, 0) is 43.0 Å². The van der Waals surface area contributed by atoms with Crippen molar-refractivity contribution in [1.82, 2.24) is 9.78 Å². The van der Waals surface area contributed by atoms with E-state index in [1.165, 1.54) is 4.90 Å². The summed E-state index contributed by atoms with van der Waals surface area (Å²) in [5.74, 6) is 0.861. The number of benzene rings is 2. The van der Waals surface area contributed by atoms with E-state index >= 15 is 0 Å². The first-order valence-electron chi connectivity index (χ1n) is 8.26. The van der Waals surface area contributed by atoms with Crippen LogP contribution in [0.2, 0.25) is 0 Å². The monoisotopic (exact) mass is 349 g/mol. The molecule has 0 bridgehead atoms. The standard InChI is InChI=1S/C20H19N3OS/c1-13-19-17(14-8-10-16(25-2)11-9-14)12-18(24)21-20(19)23(22-13)15-6-4-3-5-7-15/h3-11,17H,12H2,1-2H3,(H,21,24). The molecule has 1 aromatic heterocycles. The number of hydrogen-bond donors (Lipinski definition) is 1. The molecule has 0 fully saturated rings. The number of aryl methyl sites for hydroxylation is 1. The summed E-state index contributed by atoms with van der Waals surface area (Å²) in [5, 5.41) is 7.73. The first-order chi connectivity index (χ1) is 12.2. The summed E-state index contributed by atoms with van der Waals surface area (Å²) in [4.78, 5) is 13.6. The molecule has 1 amide bonds. The second-order valence-electron chi connectivity index (χ2n) is 6.17. The van der Waals surface area contributed by atoms with Gasteiger partial charge in [-0.1, -0.05) is 30.3 Å². The number of carbonyl (C=O) groups is 1. The van der Waals surface area contributed by atoms with Gasteiger partial charge in [0, 0.05) is 22.8 Å². The molecule has 3 aromatic rings. The van der Waals surface area contributed by atoms with Crippen molar-refractivity contribution in [3.8, 4) is 5.69 Å². The Labute approximate surface area is 151 Å². The van der Waals surface area contributed by atoms with Crippen LogP contribution in [-0.2, 0) is 4.79 Å². The Bertz CT molecular complexity index is 916. The lowest BCUT2D eigenvalue weighted by Crippen LogP contribution is -2.24. The molecule has 4 nitrogen and oxygen atoms in total. The number of amides is 1. The molecule has 0 spiro atoms. The largest absolute Gasteiger partial charge is 0.310 e. The maximum atomic E-state index is 12.4. The van der Waals surface area contributed by atoms with Gasteiger partial charge in [0.15, 0.2) is 0 Å². The van der Waals surface area contributed by atoms with E-state index in [1.54, 1.807) is 11.8 Å². The average Bonchev–Trinajstić information content (AvgIpc) is 2.98. The molecule has 1 aliphatic rings. The summed E-state index contributed by atoms with van der Waals surface area (Å²) in [7, 11) is 0. The molecule has 25 heavy (non-hydrogen) atoms. The number of hydrogen-bond acceptors (Lipinski definition) is 3. The second kappa shape index (κ2) is 6.41. The smallest absolute Gasteiger partial charge is 0.226 e. The Morgan fingerprint density at radius 2 is 1.84 bits per heavy atom. The van der Waals surface area contributed by atoms with Gasteiger partial charge in [0.25, 0.3) is 0 Å². The quantitative estimate of drug-likeness (QED) is 0.714. The van der Waals surface area contributed by atoms with E-state index in [9.17, 15) is 4.79 Å². The summed E-state index contributed by atoms with van der Waals surface area (Å²) in [6.45, 7) is 2.01. The highest BCUT2D eigenvalue weighted by molar-refractivity contribution is 7.98. The minimum absolute atomic E-state index is 0.0310. The molecule has 2 heterocycles. The van der Waals surface area contributed by atoms with Crippen LogP contribution in [0.5, 0.6) is 0 Å². The minimum Gasteiger partial charge on any atom is -0.310 e. The molecule has 126 valence electrons. The van der Waals surface area contributed by atoms with E-state index in [0.29, 0.717) is 6.42 Å². The number of para-hydroxylation sites is 1. The number of rotatable bonds is 3. The molecule has 0 aliphatic carbocycles. The van der Waals surface area contributed by atoms with Crippen LogP contribution in [-0.4, -0.2) is 21.9 Å². The number of nitrogens with zero attached hydrogens (tertiary/aromatic N) is 2. The molecular weight excluding hydrogens is 330 g/mol. The van der Waals surface area contributed by atoms with Gasteiger partial charge in [0.1, 0.15) is 5.82 Å². The highest BCUT2D eigenvalue weighted by Gasteiger charge is 2.32. The fraction of sp³-hybridized carbons (Fsp3) is 0.200. The second-order valence-corrected chi connectivity index (χ2v) is 7.05. The molecular formula is C20H19N3OS. The molecule has 4 rings (SSSR count). The molecule has 1 N–H and O–H groups in total. The van der Waals surface area contributed by atoms with Crippen LogP contribution in [0.1, 0.15) is 29.2 Å². The number of fused-ring (bicyclic) bond motifs is 1. The van der Waals surface area contributed by atoms with Gasteiger partial charge in [0.2, 0.25) is 5.91 Å². The van der Waals surface area contributed by atoms with E-state index in [0.717, 1.165) is 28.3 Å². The number of anilines is 1. The predicted molar refractivity (Wildman–Crippen MR) is 102 cm³/mol. The lowest BCUT2D eigenvalue weighted by molar-refractivity contribution is -0.116. The average molecular weight is 349 g/mol. The molecule has 1 unspecified atom stereocenters. The Morgan fingerprint density at radius 3 is 2.52 bits per heavy atom. The first kappa shape index (κ1) is 16.0. The van der Waals surface area contributed by atoms with Crippen molar-refractivity contribution in [1.29, 1.82) is 0 Å². The lowest BCUT2D eigenvalue weighted by atomic mass is 9.86. The van der Waals surface area contributed by atoms with Crippen molar-refractivity contribution < 1.29 is 4.79 Å². The van der Waals surface area contributed by atoms with E-state index < -0.39 is 0 Å². The molecule has 2 aromatic carbocycles. The Balaban J connectivity index is 1.83. The van der Waals surface area contributed by atoms with Crippen molar-refractivity contribution >= 4 is 23.5 Å². The SMILES string of the molecule is CSc1ccc(C2CC(=O)Nc3c2c(C)nn3-c2ccccc2)cc1. The molecule has 0 saturated heterocycles. The third-order valence-corrected chi connectivity index (χ3v) is 5.37. The Kier molecular flexibility index (Phi) is 4.09. The summed E-state index contributed by atoms with van der Waals surface area (Å²) < 4.78 is 1.84. The number of thioether (sulfide) groups is 1. The number of aromatic nitrogens is 2. The maximum Gasteiger partial charge on any atom is 0.226 e. The highest BCUT2D eigenvalue weighted by Crippen LogP contribution is 2.40. The van der Waals surface area contributed by atoms with Crippen LogP contribution >= 0.6 is 11.8 Å². The molecule has 1 atom stereocenters. The zero-order valence-corrected chi connectivity index (χ0v) is 15.0. The fourth-order valence-electron chi connectivity index (χ4n) is 3.42. The normalized spacial score (nSPS) is 16.4. The van der Waals surface area contributed by atoms with E-state index in [2.05, 4.69) is 35.8 Å². The van der Waals surface area contributed by atoms with Crippen molar-refractivity contribution in [3.63, 3.8) is 0 Å². The summed E-state index contributed by atoms with van der Waals surface area (Å²) in [6, 6.07) is 18.4. The molecule has 5 heteroatoms. The van der Waals surface area contributed by atoms with E-state index in [4.69, 9.17) is 5.10 Å². The van der Waals surface area contributed by atoms with Crippen molar-refractivity contribution in [3.05, 3.63) is 71.4 Å². The van der Waals surface area contributed by atoms with Gasteiger partial charge < -0.3 is 5.32 Å². The zero-order chi connectivity index (χ0) is 17.4. The number of nitrogens with one attached hydrogen (secondary N) is 1. The third kappa shape index (κ3) is 2.85. The third-order valence-electron chi connectivity index (χ3n) is 4.62.